The van der Waals surface area contributed by atoms with E-state index >= 15 is 0 Å². The molecule has 4 aromatic rings. The van der Waals surface area contributed by atoms with E-state index < -0.39 is 0 Å². The smallest absolute Gasteiger partial charge is 0.168 e. The SMILES string of the molecule is CC.CC.O=Cc1cncn1Cc1cccc(F)c1.OCc1cncn1Cc1cccc(F)c1. The van der Waals surface area contributed by atoms with E-state index in [1.165, 1.54) is 30.5 Å². The summed E-state index contributed by atoms with van der Waals surface area (Å²) >= 11 is 0. The van der Waals surface area contributed by atoms with Crippen molar-refractivity contribution in [2.24, 2.45) is 0 Å². The van der Waals surface area contributed by atoms with Gasteiger partial charge in [0.15, 0.2) is 6.29 Å². The monoisotopic (exact) mass is 470 g/mol. The van der Waals surface area contributed by atoms with Crippen molar-refractivity contribution in [2.45, 2.75) is 47.4 Å². The number of hydrogen-bond acceptors (Lipinski definition) is 4. The fourth-order valence-corrected chi connectivity index (χ4v) is 2.85. The first kappa shape index (κ1) is 28.4. The number of benzene rings is 2. The summed E-state index contributed by atoms with van der Waals surface area (Å²) in [6, 6.07) is 12.7. The van der Waals surface area contributed by atoms with Crippen LogP contribution < -0.4 is 0 Å². The number of carbonyl (C=O) groups excluding carboxylic acids is 1. The summed E-state index contributed by atoms with van der Waals surface area (Å²) in [5.74, 6) is -0.529. The third kappa shape index (κ3) is 9.07. The summed E-state index contributed by atoms with van der Waals surface area (Å²) in [4.78, 5) is 18.4. The lowest BCUT2D eigenvalue weighted by molar-refractivity contribution is 0.111. The molecule has 2 aromatic heterocycles. The average molecular weight is 471 g/mol. The molecule has 6 nitrogen and oxygen atoms in total. The molecule has 0 saturated carbocycles. The first-order valence-electron chi connectivity index (χ1n) is 11.1. The molecule has 2 aromatic carbocycles. The van der Waals surface area contributed by atoms with Gasteiger partial charge in [0.25, 0.3) is 0 Å². The average Bonchev–Trinajstić information content (AvgIpc) is 3.51. The number of halogens is 2. The summed E-state index contributed by atoms with van der Waals surface area (Å²) in [6.45, 7) is 8.91. The second-order valence-corrected chi connectivity index (χ2v) is 6.50. The molecule has 0 saturated heterocycles. The minimum absolute atomic E-state index is 0.0602. The maximum atomic E-state index is 12.9. The van der Waals surface area contributed by atoms with Gasteiger partial charge in [0.1, 0.15) is 17.3 Å². The first-order chi connectivity index (χ1) is 16.6. The van der Waals surface area contributed by atoms with Crippen LogP contribution in [-0.4, -0.2) is 30.5 Å². The highest BCUT2D eigenvalue weighted by molar-refractivity contribution is 5.71. The molecule has 182 valence electrons. The Morgan fingerprint density at radius 2 is 1.32 bits per heavy atom. The predicted octanol–water partition coefficient (Wildman–Crippen LogP) is 5.50. The van der Waals surface area contributed by atoms with E-state index in [4.69, 9.17) is 5.11 Å². The molecule has 34 heavy (non-hydrogen) atoms. The van der Waals surface area contributed by atoms with Gasteiger partial charge in [0.05, 0.1) is 37.3 Å². The number of aromatic nitrogens is 4. The third-order valence-corrected chi connectivity index (χ3v) is 4.31. The Morgan fingerprint density at radius 3 is 1.82 bits per heavy atom. The van der Waals surface area contributed by atoms with Gasteiger partial charge >= 0.3 is 0 Å². The standard InChI is InChI=1S/C11H11FN2O.C11H9FN2O.2C2H6/c2*12-10-3-1-2-9(4-10)6-14-8-13-5-11(14)7-15;2*1-2/h1-5,8,15H,6-7H2;1-5,7-8H,6H2;2*1-2H3. The number of carbonyl (C=O) groups is 1. The molecule has 0 aliphatic rings. The van der Waals surface area contributed by atoms with Crippen molar-refractivity contribution in [3.05, 3.63) is 108 Å². The van der Waals surface area contributed by atoms with Gasteiger partial charge in [0.2, 0.25) is 0 Å². The Balaban J connectivity index is 0.000000297. The Kier molecular flexibility index (Phi) is 13.4. The second kappa shape index (κ2) is 16.0. The molecule has 0 atom stereocenters. The molecule has 2 heterocycles. The Bertz CT molecular complexity index is 1110. The van der Waals surface area contributed by atoms with Crippen LogP contribution >= 0.6 is 0 Å². The van der Waals surface area contributed by atoms with Gasteiger partial charge in [-0.25, -0.2) is 18.7 Å². The van der Waals surface area contributed by atoms with Crippen LogP contribution in [0, 0.1) is 11.6 Å². The van der Waals surface area contributed by atoms with Crippen molar-refractivity contribution in [1.82, 2.24) is 19.1 Å². The van der Waals surface area contributed by atoms with Gasteiger partial charge in [0, 0.05) is 13.1 Å². The maximum absolute atomic E-state index is 12.9. The first-order valence-corrected chi connectivity index (χ1v) is 11.1. The molecule has 0 unspecified atom stereocenters. The third-order valence-electron chi connectivity index (χ3n) is 4.31. The van der Waals surface area contributed by atoms with E-state index in [0.29, 0.717) is 18.8 Å². The van der Waals surface area contributed by atoms with Crippen LogP contribution in [0.3, 0.4) is 0 Å². The molecule has 0 aliphatic heterocycles. The number of imidazole rings is 2. The van der Waals surface area contributed by atoms with Gasteiger partial charge in [-0.05, 0) is 35.4 Å². The zero-order valence-corrected chi connectivity index (χ0v) is 20.0. The highest BCUT2D eigenvalue weighted by atomic mass is 19.1. The van der Waals surface area contributed by atoms with Gasteiger partial charge in [-0.1, -0.05) is 52.0 Å². The highest BCUT2D eigenvalue weighted by Crippen LogP contribution is 2.09. The normalized spacial score (nSPS) is 9.50. The van der Waals surface area contributed by atoms with Crippen molar-refractivity contribution < 1.29 is 18.7 Å². The van der Waals surface area contributed by atoms with Crippen LogP contribution in [0.2, 0.25) is 0 Å². The van der Waals surface area contributed by atoms with Crippen LogP contribution in [0.25, 0.3) is 0 Å². The predicted molar refractivity (Wildman–Crippen MR) is 129 cm³/mol. The lowest BCUT2D eigenvalue weighted by Crippen LogP contribution is -2.03. The minimum Gasteiger partial charge on any atom is -0.390 e. The van der Waals surface area contributed by atoms with E-state index in [0.717, 1.165) is 23.1 Å². The van der Waals surface area contributed by atoms with Crippen LogP contribution in [0.4, 0.5) is 8.78 Å². The molecule has 1 N–H and O–H groups in total. The fraction of sp³-hybridized carbons (Fsp3) is 0.269. The zero-order valence-electron chi connectivity index (χ0n) is 20.0. The number of rotatable bonds is 6. The maximum Gasteiger partial charge on any atom is 0.168 e. The zero-order chi connectivity index (χ0) is 25.3. The number of nitrogens with zero attached hydrogens (tertiary/aromatic N) is 4. The van der Waals surface area contributed by atoms with E-state index in [1.807, 2.05) is 33.8 Å². The molecule has 0 aliphatic carbocycles. The van der Waals surface area contributed by atoms with E-state index in [2.05, 4.69) is 9.97 Å². The van der Waals surface area contributed by atoms with Crippen LogP contribution in [0.1, 0.15) is 55.0 Å². The Labute approximate surface area is 199 Å². The molecule has 0 bridgehead atoms. The number of aldehydes is 1. The Hall–Kier alpha value is -3.65. The molecular weight excluding hydrogens is 438 g/mol. The molecule has 8 heteroatoms. The van der Waals surface area contributed by atoms with E-state index in [-0.39, 0.29) is 18.2 Å². The van der Waals surface area contributed by atoms with Gasteiger partial charge in [-0.3, -0.25) is 4.79 Å². The number of aliphatic hydroxyl groups excluding tert-OH is 1. The second-order valence-electron chi connectivity index (χ2n) is 6.50. The van der Waals surface area contributed by atoms with Gasteiger partial charge in [-0.2, -0.15) is 0 Å². The van der Waals surface area contributed by atoms with Crippen molar-refractivity contribution in [3.63, 3.8) is 0 Å². The lowest BCUT2D eigenvalue weighted by atomic mass is 10.2. The molecular formula is C26H32F2N4O2. The number of hydrogen-bond donors (Lipinski definition) is 1. The molecule has 4 rings (SSSR count). The lowest BCUT2D eigenvalue weighted by Gasteiger charge is -2.06. The van der Waals surface area contributed by atoms with Gasteiger partial charge < -0.3 is 14.2 Å². The van der Waals surface area contributed by atoms with Gasteiger partial charge in [-0.15, -0.1) is 0 Å². The summed E-state index contributed by atoms with van der Waals surface area (Å²) in [6.07, 6.45) is 6.98. The topological polar surface area (TPSA) is 72.9 Å². The molecule has 0 fully saturated rings. The van der Waals surface area contributed by atoms with E-state index in [1.54, 1.807) is 46.2 Å². The summed E-state index contributed by atoms with van der Waals surface area (Å²) < 4.78 is 29.2. The minimum atomic E-state index is -0.278. The summed E-state index contributed by atoms with van der Waals surface area (Å²) in [5.41, 5.74) is 2.86. The van der Waals surface area contributed by atoms with Crippen molar-refractivity contribution in [2.75, 3.05) is 0 Å². The molecule has 0 radical (unpaired) electrons. The quantitative estimate of drug-likeness (QED) is 0.378. The van der Waals surface area contributed by atoms with Crippen LogP contribution in [0.5, 0.6) is 0 Å². The van der Waals surface area contributed by atoms with Crippen molar-refractivity contribution >= 4 is 6.29 Å². The summed E-state index contributed by atoms with van der Waals surface area (Å²) in [5, 5.41) is 9.01. The number of aliphatic hydroxyl groups is 1. The van der Waals surface area contributed by atoms with E-state index in [9.17, 15) is 13.6 Å². The molecule has 0 spiro atoms. The van der Waals surface area contributed by atoms with Crippen LogP contribution in [-0.2, 0) is 19.7 Å². The Morgan fingerprint density at radius 1 is 0.824 bits per heavy atom. The van der Waals surface area contributed by atoms with Crippen LogP contribution in [0.15, 0.2) is 73.6 Å². The fourth-order valence-electron chi connectivity index (χ4n) is 2.85. The molecule has 0 amide bonds. The largest absolute Gasteiger partial charge is 0.390 e. The highest BCUT2D eigenvalue weighted by Gasteiger charge is 2.03. The van der Waals surface area contributed by atoms with Crippen molar-refractivity contribution in [3.8, 4) is 0 Å². The summed E-state index contributed by atoms with van der Waals surface area (Å²) in [7, 11) is 0. The van der Waals surface area contributed by atoms with Crippen molar-refractivity contribution in [1.29, 1.82) is 0 Å².